The van der Waals surface area contributed by atoms with E-state index < -0.39 is 11.7 Å². The summed E-state index contributed by atoms with van der Waals surface area (Å²) in [6, 6.07) is 9.59. The van der Waals surface area contributed by atoms with Crippen molar-refractivity contribution in [2.24, 2.45) is 5.92 Å². The molecular weight excluding hydrogens is 254 g/mol. The average molecular weight is 277 g/mol. The zero-order valence-electron chi connectivity index (χ0n) is 12.4. The molecule has 1 aromatic carbocycles. The van der Waals surface area contributed by atoms with E-state index in [-0.39, 0.29) is 12.0 Å². The molecule has 0 radical (unpaired) electrons. The molecule has 4 heteroatoms. The number of hydrogen-bond donors (Lipinski definition) is 1. The first kappa shape index (κ1) is 14.9. The number of rotatable bonds is 2. The van der Waals surface area contributed by atoms with Crippen LogP contribution in [0.15, 0.2) is 30.3 Å². The third kappa shape index (κ3) is 3.73. The van der Waals surface area contributed by atoms with Crippen LogP contribution in [0.1, 0.15) is 38.9 Å². The smallest absolute Gasteiger partial charge is 0.410 e. The predicted octanol–water partition coefficient (Wildman–Crippen LogP) is 2.98. The summed E-state index contributed by atoms with van der Waals surface area (Å²) < 4.78 is 5.36. The van der Waals surface area contributed by atoms with E-state index in [1.54, 1.807) is 4.90 Å². The van der Waals surface area contributed by atoms with Crippen molar-refractivity contribution in [1.29, 1.82) is 0 Å². The van der Waals surface area contributed by atoms with Gasteiger partial charge in [-0.3, -0.25) is 0 Å². The molecule has 20 heavy (non-hydrogen) atoms. The number of hydrogen-bond acceptors (Lipinski definition) is 3. The Morgan fingerprint density at radius 2 is 2.00 bits per heavy atom. The maximum atomic E-state index is 12.0. The number of likely N-dealkylation sites (tertiary alicyclic amines) is 1. The summed E-state index contributed by atoms with van der Waals surface area (Å²) in [6.45, 7) is 6.76. The van der Waals surface area contributed by atoms with Crippen LogP contribution in [0.25, 0.3) is 0 Å². The first-order chi connectivity index (χ1) is 9.37. The zero-order chi connectivity index (χ0) is 14.8. The fourth-order valence-corrected chi connectivity index (χ4v) is 2.46. The van der Waals surface area contributed by atoms with Crippen LogP contribution in [0.2, 0.25) is 0 Å². The van der Waals surface area contributed by atoms with Crippen molar-refractivity contribution in [3.63, 3.8) is 0 Å². The molecule has 2 rings (SSSR count). The molecule has 1 aromatic rings. The minimum atomic E-state index is -0.524. The van der Waals surface area contributed by atoms with E-state index in [0.717, 1.165) is 12.0 Å². The molecule has 0 aromatic heterocycles. The van der Waals surface area contributed by atoms with Crippen LogP contribution >= 0.6 is 0 Å². The van der Waals surface area contributed by atoms with Crippen LogP contribution in [-0.4, -0.2) is 34.8 Å². The van der Waals surface area contributed by atoms with Gasteiger partial charge in [-0.15, -0.1) is 0 Å². The van der Waals surface area contributed by atoms with Gasteiger partial charge in [-0.05, 0) is 32.8 Å². The molecule has 110 valence electrons. The molecule has 1 fully saturated rings. The summed E-state index contributed by atoms with van der Waals surface area (Å²) in [7, 11) is 0. The first-order valence-electron chi connectivity index (χ1n) is 7.08. The summed E-state index contributed by atoms with van der Waals surface area (Å²) in [5.41, 5.74) is 0.427. The van der Waals surface area contributed by atoms with Crippen molar-refractivity contribution in [3.8, 4) is 0 Å². The van der Waals surface area contributed by atoms with Gasteiger partial charge < -0.3 is 14.7 Å². The van der Waals surface area contributed by atoms with Crippen molar-refractivity contribution in [3.05, 3.63) is 35.9 Å². The van der Waals surface area contributed by atoms with Gasteiger partial charge >= 0.3 is 6.09 Å². The quantitative estimate of drug-likeness (QED) is 0.904. The lowest BCUT2D eigenvalue weighted by Crippen LogP contribution is -2.35. The van der Waals surface area contributed by atoms with Crippen molar-refractivity contribution in [2.45, 2.75) is 38.9 Å². The highest BCUT2D eigenvalue weighted by Gasteiger charge is 2.33. The monoisotopic (exact) mass is 277 g/mol. The van der Waals surface area contributed by atoms with Crippen LogP contribution in [0.5, 0.6) is 0 Å². The Labute approximate surface area is 120 Å². The molecule has 0 aliphatic carbocycles. The third-order valence-corrected chi connectivity index (χ3v) is 3.46. The number of nitrogens with zero attached hydrogens (tertiary/aromatic N) is 1. The van der Waals surface area contributed by atoms with Gasteiger partial charge in [-0.1, -0.05) is 30.3 Å². The van der Waals surface area contributed by atoms with Gasteiger partial charge in [0, 0.05) is 19.0 Å². The fraction of sp³-hybridized carbons (Fsp3) is 0.562. The molecule has 2 atom stereocenters. The van der Waals surface area contributed by atoms with E-state index >= 15 is 0 Å². The Morgan fingerprint density at radius 1 is 1.35 bits per heavy atom. The van der Waals surface area contributed by atoms with Crippen molar-refractivity contribution < 1.29 is 14.6 Å². The number of carbonyl (C=O) groups is 1. The maximum Gasteiger partial charge on any atom is 0.410 e. The molecule has 1 aliphatic rings. The molecule has 0 saturated carbocycles. The largest absolute Gasteiger partial charge is 0.444 e. The van der Waals surface area contributed by atoms with Crippen molar-refractivity contribution >= 4 is 6.09 Å². The lowest BCUT2D eigenvalue weighted by Gasteiger charge is -2.25. The predicted molar refractivity (Wildman–Crippen MR) is 77.3 cm³/mol. The minimum absolute atomic E-state index is 0.0740. The zero-order valence-corrected chi connectivity index (χ0v) is 12.4. The molecular formula is C16H23NO3. The van der Waals surface area contributed by atoms with Crippen molar-refractivity contribution in [2.75, 3.05) is 13.1 Å². The van der Waals surface area contributed by atoms with Crippen LogP contribution in [0, 0.1) is 5.92 Å². The van der Waals surface area contributed by atoms with Gasteiger partial charge in [-0.25, -0.2) is 4.79 Å². The summed E-state index contributed by atoms with van der Waals surface area (Å²) >= 11 is 0. The molecule has 4 nitrogen and oxygen atoms in total. The van der Waals surface area contributed by atoms with Gasteiger partial charge in [0.05, 0.1) is 6.10 Å². The standard InChI is InChI=1S/C16H23NO3/c1-16(2,3)20-15(19)17-10-9-13(11-17)14(18)12-7-5-4-6-8-12/h4-8,13-14,18H,9-11H2,1-3H3/t13-,14?/m0/s1. The molecule has 1 heterocycles. The Kier molecular flexibility index (Phi) is 4.33. The molecule has 0 spiro atoms. The Morgan fingerprint density at radius 3 is 2.60 bits per heavy atom. The SMILES string of the molecule is CC(C)(C)OC(=O)N1CC[C@H](C(O)c2ccccc2)C1. The Balaban J connectivity index is 1.94. The second kappa shape index (κ2) is 5.83. The minimum Gasteiger partial charge on any atom is -0.444 e. The number of ether oxygens (including phenoxy) is 1. The second-order valence-electron chi connectivity index (χ2n) is 6.33. The normalized spacial score (nSPS) is 20.8. The number of aliphatic hydroxyl groups excluding tert-OH is 1. The van der Waals surface area contributed by atoms with Gasteiger partial charge in [0.15, 0.2) is 0 Å². The lowest BCUT2D eigenvalue weighted by atomic mass is 9.95. The summed E-state index contributed by atoms with van der Waals surface area (Å²) in [6.07, 6.45) is -0.0149. The highest BCUT2D eigenvalue weighted by atomic mass is 16.6. The van der Waals surface area contributed by atoms with Crippen LogP contribution in [0.4, 0.5) is 4.79 Å². The van der Waals surface area contributed by atoms with E-state index in [1.165, 1.54) is 0 Å². The van der Waals surface area contributed by atoms with Gasteiger partial charge in [0.1, 0.15) is 5.60 Å². The van der Waals surface area contributed by atoms with Crippen LogP contribution in [0.3, 0.4) is 0 Å². The van der Waals surface area contributed by atoms with Gasteiger partial charge in [-0.2, -0.15) is 0 Å². The third-order valence-electron chi connectivity index (χ3n) is 3.46. The van der Waals surface area contributed by atoms with Crippen LogP contribution in [-0.2, 0) is 4.74 Å². The lowest BCUT2D eigenvalue weighted by molar-refractivity contribution is 0.0268. The molecule has 1 aliphatic heterocycles. The van der Waals surface area contributed by atoms with Crippen LogP contribution < -0.4 is 0 Å². The van der Waals surface area contributed by atoms with E-state index in [9.17, 15) is 9.90 Å². The highest BCUT2D eigenvalue weighted by Crippen LogP contribution is 2.30. The fourth-order valence-electron chi connectivity index (χ4n) is 2.46. The van der Waals surface area contributed by atoms with E-state index in [0.29, 0.717) is 13.1 Å². The number of amides is 1. The average Bonchev–Trinajstić information content (AvgIpc) is 2.86. The highest BCUT2D eigenvalue weighted by molar-refractivity contribution is 5.68. The van der Waals surface area contributed by atoms with Gasteiger partial charge in [0.25, 0.3) is 0 Å². The number of aliphatic hydroxyl groups is 1. The summed E-state index contributed by atoms with van der Waals surface area (Å²) in [5, 5.41) is 10.4. The molecule has 0 bridgehead atoms. The van der Waals surface area contributed by atoms with E-state index in [2.05, 4.69) is 0 Å². The van der Waals surface area contributed by atoms with E-state index in [4.69, 9.17) is 4.74 Å². The number of carbonyl (C=O) groups excluding carboxylic acids is 1. The Bertz CT molecular complexity index is 453. The molecule has 1 unspecified atom stereocenters. The second-order valence-corrected chi connectivity index (χ2v) is 6.33. The Hall–Kier alpha value is -1.55. The van der Waals surface area contributed by atoms with Gasteiger partial charge in [0.2, 0.25) is 0 Å². The topological polar surface area (TPSA) is 49.8 Å². The first-order valence-corrected chi connectivity index (χ1v) is 7.08. The maximum absolute atomic E-state index is 12.0. The molecule has 1 amide bonds. The summed E-state index contributed by atoms with van der Waals surface area (Å²) in [5.74, 6) is 0.0740. The molecule has 1 saturated heterocycles. The van der Waals surface area contributed by atoms with E-state index in [1.807, 2.05) is 51.1 Å². The number of benzene rings is 1. The summed E-state index contributed by atoms with van der Waals surface area (Å²) in [4.78, 5) is 13.7. The molecule has 1 N–H and O–H groups in total. The van der Waals surface area contributed by atoms with Crippen molar-refractivity contribution in [1.82, 2.24) is 4.90 Å².